The summed E-state index contributed by atoms with van der Waals surface area (Å²) < 4.78 is 28.3. The van der Waals surface area contributed by atoms with Crippen molar-refractivity contribution in [3.05, 3.63) is 64.3 Å². The van der Waals surface area contributed by atoms with Gasteiger partial charge in [0.05, 0.1) is 18.3 Å². The van der Waals surface area contributed by atoms with Crippen molar-refractivity contribution < 1.29 is 13.5 Å². The van der Waals surface area contributed by atoms with Gasteiger partial charge in [-0.1, -0.05) is 18.2 Å². The van der Waals surface area contributed by atoms with Gasteiger partial charge >= 0.3 is 0 Å². The van der Waals surface area contributed by atoms with E-state index in [0.717, 1.165) is 10.9 Å². The lowest BCUT2D eigenvalue weighted by Gasteiger charge is -2.36. The van der Waals surface area contributed by atoms with Gasteiger partial charge in [-0.05, 0) is 18.2 Å². The van der Waals surface area contributed by atoms with Gasteiger partial charge in [0, 0.05) is 44.4 Å². The average molecular weight is 432 g/mol. The summed E-state index contributed by atoms with van der Waals surface area (Å²) in [6, 6.07) is 14.7. The Morgan fingerprint density at radius 1 is 1.22 bits per heavy atom. The number of ether oxygens (including phenoxy) is 1. The molecule has 8 heteroatoms. The Morgan fingerprint density at radius 3 is 2.69 bits per heavy atom. The number of anilines is 1. The van der Waals surface area contributed by atoms with Crippen LogP contribution in [-0.4, -0.2) is 29.8 Å². The van der Waals surface area contributed by atoms with E-state index in [-0.39, 0.29) is 29.9 Å². The van der Waals surface area contributed by atoms with E-state index < -0.39 is 5.67 Å². The Balaban J connectivity index is 1.50. The van der Waals surface area contributed by atoms with Crippen LogP contribution < -0.4 is 15.2 Å². The number of aromatic nitrogens is 2. The molecule has 3 heterocycles. The van der Waals surface area contributed by atoms with Gasteiger partial charge in [0.25, 0.3) is 5.56 Å². The molecule has 0 radical (unpaired) electrons. The third kappa shape index (κ3) is 3.01. The highest BCUT2D eigenvalue weighted by Crippen LogP contribution is 2.41. The molecule has 7 nitrogen and oxygen atoms in total. The summed E-state index contributed by atoms with van der Waals surface area (Å²) in [4.78, 5) is 19.1. The number of benzene rings is 2. The number of piperidine rings is 1. The van der Waals surface area contributed by atoms with E-state index in [1.165, 1.54) is 4.57 Å². The lowest BCUT2D eigenvalue weighted by Crippen LogP contribution is -2.41. The van der Waals surface area contributed by atoms with Crippen LogP contribution in [0.4, 0.5) is 10.1 Å². The molecule has 0 spiro atoms. The number of rotatable bonds is 3. The van der Waals surface area contributed by atoms with E-state index >= 15 is 4.39 Å². The molecular weight excluding hydrogens is 411 g/mol. The molecular formula is C24H21FN4O3. The Bertz CT molecular complexity index is 1440. The monoisotopic (exact) mass is 432 g/mol. The van der Waals surface area contributed by atoms with E-state index in [2.05, 4.69) is 11.1 Å². The second-order valence-electron chi connectivity index (χ2n) is 8.02. The first-order valence-corrected chi connectivity index (χ1v) is 10.4. The molecule has 0 bridgehead atoms. The van der Waals surface area contributed by atoms with Crippen LogP contribution in [0.5, 0.6) is 5.75 Å². The third-order valence-corrected chi connectivity index (χ3v) is 6.24. The average Bonchev–Trinajstić information content (AvgIpc) is 3.26. The van der Waals surface area contributed by atoms with Crippen LogP contribution in [0.25, 0.3) is 22.0 Å². The summed E-state index contributed by atoms with van der Waals surface area (Å²) in [5, 5.41) is 10.5. The largest absolute Gasteiger partial charge is 0.497 e. The molecule has 0 N–H and O–H groups in total. The van der Waals surface area contributed by atoms with Crippen molar-refractivity contribution in [1.29, 1.82) is 5.26 Å². The topological polar surface area (TPSA) is 84.3 Å². The number of nitriles is 1. The van der Waals surface area contributed by atoms with Gasteiger partial charge in [0.2, 0.25) is 5.89 Å². The number of fused-ring (bicyclic) bond motifs is 2. The van der Waals surface area contributed by atoms with Crippen molar-refractivity contribution in [2.75, 3.05) is 25.1 Å². The fourth-order valence-electron chi connectivity index (χ4n) is 4.43. The maximum absolute atomic E-state index is 15.9. The first kappa shape index (κ1) is 20.1. The standard InChI is InChI=1S/C24H21FN4O3/c1-28-19-6-4-3-5-16(19)21(17(14-26)22(28)30)29-11-9-24(25,10-12-29)23-27-18-13-15(31-2)7-8-20(18)32-23/h3-8,13H,9-12H2,1-2H3. The lowest BCUT2D eigenvalue weighted by molar-refractivity contribution is 0.0905. The van der Waals surface area contributed by atoms with Crippen molar-refractivity contribution in [2.45, 2.75) is 18.5 Å². The molecule has 4 aromatic rings. The normalized spacial score (nSPS) is 15.8. The summed E-state index contributed by atoms with van der Waals surface area (Å²) in [7, 11) is 3.21. The zero-order chi connectivity index (χ0) is 22.5. The molecule has 0 saturated carbocycles. The second-order valence-corrected chi connectivity index (χ2v) is 8.02. The molecule has 2 aromatic heterocycles. The fraction of sp³-hybridized carbons (Fsp3) is 0.292. The number of para-hydroxylation sites is 1. The summed E-state index contributed by atoms with van der Waals surface area (Å²) in [5.74, 6) is 0.677. The summed E-state index contributed by atoms with van der Waals surface area (Å²) in [6.45, 7) is 0.648. The Morgan fingerprint density at radius 2 is 1.97 bits per heavy atom. The van der Waals surface area contributed by atoms with Gasteiger partial charge in [0.15, 0.2) is 11.3 Å². The molecule has 1 aliphatic heterocycles. The first-order valence-electron chi connectivity index (χ1n) is 10.4. The SMILES string of the molecule is COc1ccc2oc(C3(F)CCN(c4c(C#N)c(=O)n(C)c5ccccc45)CC3)nc2c1. The maximum Gasteiger partial charge on any atom is 0.270 e. The minimum Gasteiger partial charge on any atom is -0.497 e. The highest BCUT2D eigenvalue weighted by atomic mass is 19.1. The highest BCUT2D eigenvalue weighted by Gasteiger charge is 2.41. The number of hydrogen-bond acceptors (Lipinski definition) is 6. The molecule has 162 valence electrons. The van der Waals surface area contributed by atoms with Crippen LogP contribution in [-0.2, 0) is 12.7 Å². The number of pyridine rings is 1. The molecule has 0 unspecified atom stereocenters. The van der Waals surface area contributed by atoms with Gasteiger partial charge in [-0.25, -0.2) is 9.37 Å². The molecule has 5 rings (SSSR count). The fourth-order valence-corrected chi connectivity index (χ4v) is 4.43. The van der Waals surface area contributed by atoms with Gasteiger partial charge in [-0.15, -0.1) is 0 Å². The van der Waals surface area contributed by atoms with Gasteiger partial charge in [-0.2, -0.15) is 5.26 Å². The van der Waals surface area contributed by atoms with Crippen molar-refractivity contribution in [3.63, 3.8) is 0 Å². The lowest BCUT2D eigenvalue weighted by atomic mass is 9.92. The predicted octanol–water partition coefficient (Wildman–Crippen LogP) is 4.03. The van der Waals surface area contributed by atoms with E-state index in [1.54, 1.807) is 32.4 Å². The Hall–Kier alpha value is -3.86. The Labute approximate surface area is 183 Å². The van der Waals surface area contributed by atoms with Gasteiger partial charge < -0.3 is 18.6 Å². The van der Waals surface area contributed by atoms with Crippen molar-refractivity contribution in [2.24, 2.45) is 7.05 Å². The van der Waals surface area contributed by atoms with Crippen LogP contribution in [0, 0.1) is 11.3 Å². The molecule has 2 aromatic carbocycles. The smallest absolute Gasteiger partial charge is 0.270 e. The number of nitrogens with zero attached hydrogens (tertiary/aromatic N) is 4. The molecule has 32 heavy (non-hydrogen) atoms. The Kier molecular flexibility index (Phi) is 4.63. The summed E-state index contributed by atoms with van der Waals surface area (Å²) >= 11 is 0. The minimum atomic E-state index is -1.73. The van der Waals surface area contributed by atoms with Crippen LogP contribution in [0.3, 0.4) is 0 Å². The van der Waals surface area contributed by atoms with E-state index in [1.807, 2.05) is 29.2 Å². The van der Waals surface area contributed by atoms with Crippen molar-refractivity contribution in [3.8, 4) is 11.8 Å². The van der Waals surface area contributed by atoms with Crippen molar-refractivity contribution in [1.82, 2.24) is 9.55 Å². The van der Waals surface area contributed by atoms with E-state index in [0.29, 0.717) is 35.6 Å². The second kappa shape index (κ2) is 7.38. The van der Waals surface area contributed by atoms with E-state index in [9.17, 15) is 10.1 Å². The number of halogens is 1. The summed E-state index contributed by atoms with van der Waals surface area (Å²) in [6.07, 6.45) is 0.261. The highest BCUT2D eigenvalue weighted by molar-refractivity contribution is 5.95. The minimum absolute atomic E-state index is 0.0507. The number of alkyl halides is 1. The zero-order valence-corrected chi connectivity index (χ0v) is 17.8. The van der Waals surface area contributed by atoms with Crippen LogP contribution in [0.2, 0.25) is 0 Å². The molecule has 0 aliphatic carbocycles. The maximum atomic E-state index is 15.9. The zero-order valence-electron chi connectivity index (χ0n) is 17.8. The van der Waals surface area contributed by atoms with Crippen molar-refractivity contribution >= 4 is 27.7 Å². The van der Waals surface area contributed by atoms with Gasteiger partial charge in [-0.3, -0.25) is 4.79 Å². The molecule has 0 atom stereocenters. The number of oxazole rings is 1. The van der Waals surface area contributed by atoms with Gasteiger partial charge in [0.1, 0.15) is 22.9 Å². The first-order chi connectivity index (χ1) is 15.4. The molecule has 1 aliphatic rings. The summed E-state index contributed by atoms with van der Waals surface area (Å²) in [5.41, 5.74) is 0.336. The third-order valence-electron chi connectivity index (χ3n) is 6.24. The predicted molar refractivity (Wildman–Crippen MR) is 119 cm³/mol. The van der Waals surface area contributed by atoms with E-state index in [4.69, 9.17) is 9.15 Å². The number of methoxy groups -OCH3 is 1. The molecule has 1 saturated heterocycles. The number of aryl methyl sites for hydroxylation is 1. The number of hydrogen-bond donors (Lipinski definition) is 0. The molecule has 0 amide bonds. The van der Waals surface area contributed by atoms with Crippen LogP contribution >= 0.6 is 0 Å². The van der Waals surface area contributed by atoms with Crippen LogP contribution in [0.1, 0.15) is 24.3 Å². The quantitative estimate of drug-likeness (QED) is 0.486. The van der Waals surface area contributed by atoms with Crippen LogP contribution in [0.15, 0.2) is 51.7 Å². The molecule has 1 fully saturated rings.